The van der Waals surface area contributed by atoms with E-state index in [0.717, 1.165) is 25.8 Å². The minimum atomic E-state index is -3.76. The molecule has 2 aliphatic rings. The van der Waals surface area contributed by atoms with Crippen LogP contribution >= 0.6 is 0 Å². The van der Waals surface area contributed by atoms with Gasteiger partial charge in [-0.2, -0.15) is 0 Å². The molecule has 2 saturated heterocycles. The number of para-hydroxylation sites is 1. The van der Waals surface area contributed by atoms with Crippen molar-refractivity contribution in [2.24, 2.45) is 0 Å². The van der Waals surface area contributed by atoms with E-state index in [-0.39, 0.29) is 29.7 Å². The lowest BCUT2D eigenvalue weighted by Gasteiger charge is -2.37. The summed E-state index contributed by atoms with van der Waals surface area (Å²) in [6.07, 6.45) is 2.75. The topological polar surface area (TPSA) is 88.2 Å². The van der Waals surface area contributed by atoms with Crippen molar-refractivity contribution in [1.82, 2.24) is 4.90 Å². The first-order valence-electron chi connectivity index (χ1n) is 10.9. The molecule has 4 rings (SSSR count). The predicted molar refractivity (Wildman–Crippen MR) is 122 cm³/mol. The summed E-state index contributed by atoms with van der Waals surface area (Å²) in [7, 11) is -2.25. The Balaban J connectivity index is 1.43. The van der Waals surface area contributed by atoms with E-state index < -0.39 is 10.0 Å². The number of sulfonamides is 1. The maximum atomic E-state index is 13.1. The number of ether oxygens (including phenoxy) is 2. The van der Waals surface area contributed by atoms with Crippen LogP contribution in [0.4, 0.5) is 11.4 Å². The normalized spacial score (nSPS) is 20.2. The molecule has 0 aliphatic carbocycles. The Labute approximate surface area is 189 Å². The van der Waals surface area contributed by atoms with Crippen LogP contribution in [0.25, 0.3) is 0 Å². The molecule has 1 N–H and O–H groups in total. The second-order valence-corrected chi connectivity index (χ2v) is 10.00. The number of nitrogens with zero attached hydrogens (tertiary/aromatic N) is 2. The summed E-state index contributed by atoms with van der Waals surface area (Å²) in [6, 6.07) is 15.3. The van der Waals surface area contributed by atoms with Gasteiger partial charge >= 0.3 is 0 Å². The summed E-state index contributed by atoms with van der Waals surface area (Å²) in [5.74, 6) is -0.194. The lowest BCUT2D eigenvalue weighted by Crippen LogP contribution is -2.50. The van der Waals surface area contributed by atoms with Crippen molar-refractivity contribution in [3.8, 4) is 0 Å². The Morgan fingerprint density at radius 2 is 1.84 bits per heavy atom. The average Bonchev–Trinajstić information content (AvgIpc) is 3.34. The molecule has 0 radical (unpaired) electrons. The molecular weight excluding hydrogens is 430 g/mol. The number of hydrogen-bond donors (Lipinski definition) is 1. The number of carbonyl (C=O) groups is 1. The average molecular weight is 460 g/mol. The van der Waals surface area contributed by atoms with Gasteiger partial charge in [-0.1, -0.05) is 30.7 Å². The smallest absolute Gasteiger partial charge is 0.264 e. The number of likely N-dealkylation sites (tertiary alicyclic amines) is 1. The number of benzene rings is 2. The van der Waals surface area contributed by atoms with E-state index in [1.54, 1.807) is 36.4 Å². The van der Waals surface area contributed by atoms with E-state index in [2.05, 4.69) is 10.2 Å². The standard InChI is InChI=1S/C23H29N3O5S/c1-25(19-9-3-2-4-10-19)32(28,29)20-11-7-8-18(16-20)24-22(27)17-26-13-6-5-12-21(26)23-30-14-15-31-23/h2-4,7-11,16,21,23H,5-6,12-15,17H2,1H3,(H,24,27). The zero-order chi connectivity index (χ0) is 22.6. The van der Waals surface area contributed by atoms with Gasteiger partial charge in [0.05, 0.1) is 36.4 Å². The highest BCUT2D eigenvalue weighted by Crippen LogP contribution is 2.25. The number of nitrogens with one attached hydrogen (secondary N) is 1. The van der Waals surface area contributed by atoms with Crippen LogP contribution in [0.2, 0.25) is 0 Å². The first kappa shape index (κ1) is 22.7. The number of carbonyl (C=O) groups excluding carboxylic acids is 1. The van der Waals surface area contributed by atoms with Gasteiger partial charge in [0.15, 0.2) is 6.29 Å². The monoisotopic (exact) mass is 459 g/mol. The van der Waals surface area contributed by atoms with Crippen LogP contribution in [0, 0.1) is 0 Å². The SMILES string of the molecule is CN(c1ccccc1)S(=O)(=O)c1cccc(NC(=O)CN2CCCCC2C2OCCO2)c1. The summed E-state index contributed by atoms with van der Waals surface area (Å²) in [4.78, 5) is 15.0. The predicted octanol–water partition coefficient (Wildman–Crippen LogP) is 2.68. The third-order valence-corrected chi connectivity index (χ3v) is 7.65. The van der Waals surface area contributed by atoms with Gasteiger partial charge in [-0.15, -0.1) is 0 Å². The van der Waals surface area contributed by atoms with Gasteiger partial charge in [0.25, 0.3) is 10.0 Å². The highest BCUT2D eigenvalue weighted by atomic mass is 32.2. The van der Waals surface area contributed by atoms with Crippen molar-refractivity contribution in [3.63, 3.8) is 0 Å². The van der Waals surface area contributed by atoms with Crippen LogP contribution in [-0.2, 0) is 24.3 Å². The zero-order valence-corrected chi connectivity index (χ0v) is 19.0. The lowest BCUT2D eigenvalue weighted by atomic mass is 10.0. The molecular formula is C23H29N3O5S. The van der Waals surface area contributed by atoms with Gasteiger partial charge < -0.3 is 14.8 Å². The van der Waals surface area contributed by atoms with Crippen LogP contribution in [-0.4, -0.2) is 64.9 Å². The largest absolute Gasteiger partial charge is 0.349 e. The van der Waals surface area contributed by atoms with Crippen molar-refractivity contribution in [2.75, 3.05) is 43.0 Å². The van der Waals surface area contributed by atoms with Crippen molar-refractivity contribution in [2.45, 2.75) is 36.5 Å². The van der Waals surface area contributed by atoms with E-state index in [9.17, 15) is 13.2 Å². The quantitative estimate of drug-likeness (QED) is 0.685. The van der Waals surface area contributed by atoms with E-state index in [0.29, 0.717) is 24.6 Å². The Kier molecular flexibility index (Phi) is 7.10. The molecule has 2 aliphatic heterocycles. The maximum absolute atomic E-state index is 13.1. The molecule has 2 heterocycles. The van der Waals surface area contributed by atoms with Crippen molar-refractivity contribution in [1.29, 1.82) is 0 Å². The number of rotatable bonds is 7. The molecule has 1 amide bonds. The van der Waals surface area contributed by atoms with Gasteiger partial charge in [0, 0.05) is 12.7 Å². The fraction of sp³-hybridized carbons (Fsp3) is 0.435. The second-order valence-electron chi connectivity index (χ2n) is 8.03. The minimum Gasteiger partial charge on any atom is -0.349 e. The first-order valence-corrected chi connectivity index (χ1v) is 12.3. The molecule has 172 valence electrons. The van der Waals surface area contributed by atoms with Gasteiger partial charge in [-0.05, 0) is 49.7 Å². The Morgan fingerprint density at radius 3 is 2.59 bits per heavy atom. The highest BCUT2D eigenvalue weighted by molar-refractivity contribution is 7.92. The molecule has 32 heavy (non-hydrogen) atoms. The van der Waals surface area contributed by atoms with Gasteiger partial charge in [0.2, 0.25) is 5.91 Å². The lowest BCUT2D eigenvalue weighted by molar-refractivity contribution is -0.127. The summed E-state index contributed by atoms with van der Waals surface area (Å²) in [5, 5.41) is 2.85. The van der Waals surface area contributed by atoms with E-state index >= 15 is 0 Å². The molecule has 9 heteroatoms. The van der Waals surface area contributed by atoms with Crippen LogP contribution in [0.3, 0.4) is 0 Å². The van der Waals surface area contributed by atoms with Gasteiger partial charge in [0.1, 0.15) is 0 Å². The summed E-state index contributed by atoms with van der Waals surface area (Å²) in [6.45, 7) is 2.17. The Bertz CT molecular complexity index is 1020. The molecule has 0 saturated carbocycles. The van der Waals surface area contributed by atoms with Crippen LogP contribution < -0.4 is 9.62 Å². The van der Waals surface area contributed by atoms with Crippen LogP contribution in [0.15, 0.2) is 59.5 Å². The van der Waals surface area contributed by atoms with E-state index in [1.807, 2.05) is 6.07 Å². The minimum absolute atomic E-state index is 0.0586. The van der Waals surface area contributed by atoms with E-state index in [1.165, 1.54) is 23.5 Å². The van der Waals surface area contributed by atoms with Crippen LogP contribution in [0.1, 0.15) is 19.3 Å². The number of piperidine rings is 1. The third kappa shape index (κ3) is 5.12. The molecule has 0 bridgehead atoms. The Morgan fingerprint density at radius 1 is 1.09 bits per heavy atom. The summed E-state index contributed by atoms with van der Waals surface area (Å²) < 4.78 is 38.7. The maximum Gasteiger partial charge on any atom is 0.264 e. The first-order chi connectivity index (χ1) is 15.4. The molecule has 2 fully saturated rings. The fourth-order valence-electron chi connectivity index (χ4n) is 4.17. The van der Waals surface area contributed by atoms with Crippen molar-refractivity contribution < 1.29 is 22.7 Å². The van der Waals surface area contributed by atoms with Gasteiger partial charge in [-0.25, -0.2) is 8.42 Å². The second kappa shape index (κ2) is 9.99. The number of amides is 1. The Hall–Kier alpha value is -2.46. The van der Waals surface area contributed by atoms with Crippen molar-refractivity contribution in [3.05, 3.63) is 54.6 Å². The summed E-state index contributed by atoms with van der Waals surface area (Å²) >= 11 is 0. The third-order valence-electron chi connectivity index (χ3n) is 5.87. The fourth-order valence-corrected chi connectivity index (χ4v) is 5.42. The summed E-state index contributed by atoms with van der Waals surface area (Å²) in [5.41, 5.74) is 1.01. The molecule has 2 aromatic rings. The van der Waals surface area contributed by atoms with Crippen LogP contribution in [0.5, 0.6) is 0 Å². The molecule has 2 aromatic carbocycles. The molecule has 8 nitrogen and oxygen atoms in total. The number of anilines is 2. The van der Waals surface area contributed by atoms with Gasteiger partial charge in [-0.3, -0.25) is 14.0 Å². The van der Waals surface area contributed by atoms with E-state index in [4.69, 9.17) is 9.47 Å². The van der Waals surface area contributed by atoms with Crippen molar-refractivity contribution >= 4 is 27.3 Å². The molecule has 0 spiro atoms. The molecule has 0 aromatic heterocycles. The number of hydrogen-bond acceptors (Lipinski definition) is 6. The molecule has 1 unspecified atom stereocenters. The zero-order valence-electron chi connectivity index (χ0n) is 18.1. The highest BCUT2D eigenvalue weighted by Gasteiger charge is 2.34. The molecule has 1 atom stereocenters.